The second-order valence-corrected chi connectivity index (χ2v) is 6.32. The molecule has 0 unspecified atom stereocenters. The van der Waals surface area contributed by atoms with Crippen molar-refractivity contribution >= 4 is 11.9 Å². The third-order valence-electron chi connectivity index (χ3n) is 4.37. The summed E-state index contributed by atoms with van der Waals surface area (Å²) < 4.78 is 5.69. The highest BCUT2D eigenvalue weighted by molar-refractivity contribution is 5.76. The molecule has 2 N–H and O–H groups in total. The highest BCUT2D eigenvalue weighted by Gasteiger charge is 2.26. The molecule has 0 bridgehead atoms. The number of aryl methyl sites for hydroxylation is 2. The molecule has 1 aromatic rings. The van der Waals surface area contributed by atoms with Crippen molar-refractivity contribution < 1.29 is 19.4 Å². The molecule has 0 saturated heterocycles. The molecule has 0 heterocycles. The van der Waals surface area contributed by atoms with Crippen LogP contribution < -0.4 is 10.1 Å². The second-order valence-electron chi connectivity index (χ2n) is 6.32. The molecule has 126 valence electrons. The van der Waals surface area contributed by atoms with Gasteiger partial charge in [-0.15, -0.1) is 0 Å². The first kappa shape index (κ1) is 17.3. The Labute approximate surface area is 137 Å². The van der Waals surface area contributed by atoms with E-state index < -0.39 is 5.97 Å². The van der Waals surface area contributed by atoms with Gasteiger partial charge in [-0.1, -0.05) is 12.1 Å². The topological polar surface area (TPSA) is 75.6 Å². The van der Waals surface area contributed by atoms with Crippen LogP contribution >= 0.6 is 0 Å². The van der Waals surface area contributed by atoms with Crippen molar-refractivity contribution in [3.05, 3.63) is 29.3 Å². The normalized spacial score (nSPS) is 20.8. The third kappa shape index (κ3) is 5.27. The van der Waals surface area contributed by atoms with E-state index in [1.54, 1.807) is 0 Å². The van der Waals surface area contributed by atoms with Gasteiger partial charge in [0.1, 0.15) is 5.75 Å². The van der Waals surface area contributed by atoms with E-state index in [1.807, 2.05) is 32.0 Å². The molecule has 1 amide bonds. The SMILES string of the molecule is Cc1ccc(C)c(OCCC(=O)NC2CCC(C(=O)O)CC2)c1. The van der Waals surface area contributed by atoms with Crippen LogP contribution in [0.15, 0.2) is 18.2 Å². The number of carboxylic acid groups (broad SMARTS) is 1. The highest BCUT2D eigenvalue weighted by atomic mass is 16.5. The molecule has 1 saturated carbocycles. The molecule has 0 radical (unpaired) electrons. The first-order valence-corrected chi connectivity index (χ1v) is 8.18. The molecule has 0 spiro atoms. The average Bonchev–Trinajstić information content (AvgIpc) is 2.51. The number of hydrogen-bond acceptors (Lipinski definition) is 3. The smallest absolute Gasteiger partial charge is 0.306 e. The summed E-state index contributed by atoms with van der Waals surface area (Å²) in [4.78, 5) is 22.9. The molecular formula is C18H25NO4. The van der Waals surface area contributed by atoms with Crippen molar-refractivity contribution in [2.45, 2.75) is 52.0 Å². The van der Waals surface area contributed by atoms with E-state index in [2.05, 4.69) is 5.32 Å². The lowest BCUT2D eigenvalue weighted by atomic mass is 9.86. The Bertz CT molecular complexity index is 562. The number of rotatable bonds is 6. The zero-order valence-corrected chi connectivity index (χ0v) is 13.8. The van der Waals surface area contributed by atoms with Crippen LogP contribution in [0.4, 0.5) is 0 Å². The molecule has 5 heteroatoms. The van der Waals surface area contributed by atoms with E-state index in [0.29, 0.717) is 25.9 Å². The summed E-state index contributed by atoms with van der Waals surface area (Å²) in [5.41, 5.74) is 2.19. The Morgan fingerprint density at radius 1 is 1.22 bits per heavy atom. The molecule has 1 aliphatic carbocycles. The molecule has 1 aromatic carbocycles. The van der Waals surface area contributed by atoms with Crippen LogP contribution in [-0.2, 0) is 9.59 Å². The predicted molar refractivity (Wildman–Crippen MR) is 87.6 cm³/mol. The van der Waals surface area contributed by atoms with Gasteiger partial charge in [0, 0.05) is 6.04 Å². The first-order chi connectivity index (χ1) is 11.0. The fourth-order valence-corrected chi connectivity index (χ4v) is 2.90. The summed E-state index contributed by atoms with van der Waals surface area (Å²) in [5.74, 6) is -0.193. The molecule has 1 fully saturated rings. The summed E-state index contributed by atoms with van der Waals surface area (Å²) in [6.07, 6.45) is 3.06. The number of carbonyl (C=O) groups excluding carboxylic acids is 1. The quantitative estimate of drug-likeness (QED) is 0.845. The van der Waals surface area contributed by atoms with Crippen LogP contribution in [0.3, 0.4) is 0 Å². The van der Waals surface area contributed by atoms with Crippen LogP contribution in [0.5, 0.6) is 5.75 Å². The number of amides is 1. The van der Waals surface area contributed by atoms with Crippen LogP contribution in [0.1, 0.15) is 43.2 Å². The predicted octanol–water partition coefficient (Wildman–Crippen LogP) is 2.83. The lowest BCUT2D eigenvalue weighted by Crippen LogP contribution is -2.39. The number of carboxylic acids is 1. The fraction of sp³-hybridized carbons (Fsp3) is 0.556. The minimum absolute atomic E-state index is 0.0333. The Morgan fingerprint density at radius 3 is 2.57 bits per heavy atom. The molecule has 1 aliphatic rings. The molecule has 23 heavy (non-hydrogen) atoms. The molecule has 0 aliphatic heterocycles. The maximum atomic E-state index is 12.0. The lowest BCUT2D eigenvalue weighted by Gasteiger charge is -2.26. The van der Waals surface area contributed by atoms with Gasteiger partial charge < -0.3 is 15.2 Å². The van der Waals surface area contributed by atoms with Gasteiger partial charge in [-0.3, -0.25) is 9.59 Å². The van der Waals surface area contributed by atoms with Crippen molar-refractivity contribution in [1.82, 2.24) is 5.32 Å². The summed E-state index contributed by atoms with van der Waals surface area (Å²) >= 11 is 0. The van der Waals surface area contributed by atoms with Crippen molar-refractivity contribution in [1.29, 1.82) is 0 Å². The Balaban J connectivity index is 1.69. The van der Waals surface area contributed by atoms with E-state index in [4.69, 9.17) is 9.84 Å². The van der Waals surface area contributed by atoms with Gasteiger partial charge in [-0.25, -0.2) is 0 Å². The number of benzene rings is 1. The average molecular weight is 319 g/mol. The number of carbonyl (C=O) groups is 2. The maximum absolute atomic E-state index is 12.0. The van der Waals surface area contributed by atoms with Gasteiger partial charge in [0.25, 0.3) is 0 Å². The zero-order valence-electron chi connectivity index (χ0n) is 13.8. The Kier molecular flexibility index (Phi) is 6.02. The van der Waals surface area contributed by atoms with Crippen molar-refractivity contribution in [2.75, 3.05) is 6.61 Å². The minimum Gasteiger partial charge on any atom is -0.493 e. The zero-order chi connectivity index (χ0) is 16.8. The third-order valence-corrected chi connectivity index (χ3v) is 4.37. The molecule has 0 atom stereocenters. The van der Waals surface area contributed by atoms with Gasteiger partial charge in [0.15, 0.2) is 0 Å². The highest BCUT2D eigenvalue weighted by Crippen LogP contribution is 2.24. The summed E-state index contributed by atoms with van der Waals surface area (Å²) in [6, 6.07) is 6.10. The van der Waals surface area contributed by atoms with E-state index >= 15 is 0 Å². The second kappa shape index (κ2) is 7.99. The summed E-state index contributed by atoms with van der Waals surface area (Å²) in [7, 11) is 0. The maximum Gasteiger partial charge on any atom is 0.306 e. The lowest BCUT2D eigenvalue weighted by molar-refractivity contribution is -0.142. The van der Waals surface area contributed by atoms with Gasteiger partial charge in [0.2, 0.25) is 5.91 Å². The molecule has 0 aromatic heterocycles. The van der Waals surface area contributed by atoms with Crippen molar-refractivity contribution in [3.63, 3.8) is 0 Å². The van der Waals surface area contributed by atoms with Crippen molar-refractivity contribution in [2.24, 2.45) is 5.92 Å². The Hall–Kier alpha value is -2.04. The van der Waals surface area contributed by atoms with Gasteiger partial charge in [-0.05, 0) is 56.7 Å². The summed E-state index contributed by atoms with van der Waals surface area (Å²) in [6.45, 7) is 4.34. The van der Waals surface area contributed by atoms with Crippen LogP contribution in [0, 0.1) is 19.8 Å². The number of ether oxygens (including phenoxy) is 1. The molecular weight excluding hydrogens is 294 g/mol. The summed E-state index contributed by atoms with van der Waals surface area (Å²) in [5, 5.41) is 11.9. The van der Waals surface area contributed by atoms with Crippen LogP contribution in [-0.4, -0.2) is 29.6 Å². The van der Waals surface area contributed by atoms with Gasteiger partial charge >= 0.3 is 5.97 Å². The Morgan fingerprint density at radius 2 is 1.91 bits per heavy atom. The van der Waals surface area contributed by atoms with E-state index in [9.17, 15) is 9.59 Å². The first-order valence-electron chi connectivity index (χ1n) is 8.18. The fourth-order valence-electron chi connectivity index (χ4n) is 2.90. The van der Waals surface area contributed by atoms with Gasteiger partial charge in [0.05, 0.1) is 18.9 Å². The minimum atomic E-state index is -0.725. The van der Waals surface area contributed by atoms with E-state index in [1.165, 1.54) is 0 Å². The van der Waals surface area contributed by atoms with E-state index in [0.717, 1.165) is 29.7 Å². The number of aliphatic carboxylic acids is 1. The largest absolute Gasteiger partial charge is 0.493 e. The standard InChI is InChI=1S/C18H25NO4/c1-12-3-4-13(2)16(11-12)23-10-9-17(20)19-15-7-5-14(6-8-15)18(21)22/h3-4,11,14-15H,5-10H2,1-2H3,(H,19,20)(H,21,22). The number of hydrogen-bond donors (Lipinski definition) is 2. The number of nitrogens with one attached hydrogen (secondary N) is 1. The van der Waals surface area contributed by atoms with Gasteiger partial charge in [-0.2, -0.15) is 0 Å². The molecule has 2 rings (SSSR count). The van der Waals surface area contributed by atoms with E-state index in [-0.39, 0.29) is 17.9 Å². The molecule has 5 nitrogen and oxygen atoms in total. The van der Waals surface area contributed by atoms with Crippen LogP contribution in [0.25, 0.3) is 0 Å². The monoisotopic (exact) mass is 319 g/mol. The van der Waals surface area contributed by atoms with Crippen molar-refractivity contribution in [3.8, 4) is 5.75 Å². The van der Waals surface area contributed by atoms with Crippen LogP contribution in [0.2, 0.25) is 0 Å².